The molecule has 0 bridgehead atoms. The molecule has 140 valence electrons. The van der Waals surface area contributed by atoms with Crippen LogP contribution in [0.25, 0.3) is 16.6 Å². The van der Waals surface area contributed by atoms with Crippen molar-refractivity contribution in [3.63, 3.8) is 0 Å². The minimum Gasteiger partial charge on any atom is -0.505 e. The standard InChI is InChI=1S/C22H24FN3O/c1-22(2,3)25-10-5-4-9-18(25)21-16(13-24)15-11-17(23)20(27)12-19(15)26(21)14-7-6-8-14/h4-5,9,11-12,14,27H,6-8,10H2,1-3H3. The molecule has 1 saturated carbocycles. The third-order valence-electron chi connectivity index (χ3n) is 5.64. The summed E-state index contributed by atoms with van der Waals surface area (Å²) in [5.41, 5.74) is 2.89. The Labute approximate surface area is 158 Å². The topological polar surface area (TPSA) is 52.2 Å². The second-order valence-corrected chi connectivity index (χ2v) is 8.37. The van der Waals surface area contributed by atoms with Crippen molar-refractivity contribution in [1.29, 1.82) is 5.26 Å². The number of hydrogen-bond acceptors (Lipinski definition) is 3. The summed E-state index contributed by atoms with van der Waals surface area (Å²) in [6.07, 6.45) is 9.34. The number of hydrogen-bond donors (Lipinski definition) is 1. The number of aromatic hydroxyl groups is 1. The predicted octanol–water partition coefficient (Wildman–Crippen LogP) is 5.09. The van der Waals surface area contributed by atoms with Crippen molar-refractivity contribution in [2.75, 3.05) is 6.54 Å². The van der Waals surface area contributed by atoms with Gasteiger partial charge in [-0.1, -0.05) is 12.2 Å². The molecule has 2 aliphatic rings. The molecule has 0 spiro atoms. The van der Waals surface area contributed by atoms with Crippen LogP contribution < -0.4 is 0 Å². The number of halogens is 1. The summed E-state index contributed by atoms with van der Waals surface area (Å²) in [6.45, 7) is 7.20. The van der Waals surface area contributed by atoms with Crippen LogP contribution in [0.5, 0.6) is 5.75 Å². The van der Waals surface area contributed by atoms with Gasteiger partial charge in [-0.15, -0.1) is 0 Å². The van der Waals surface area contributed by atoms with E-state index in [1.54, 1.807) is 0 Å². The molecule has 1 aromatic carbocycles. The highest BCUT2D eigenvalue weighted by Crippen LogP contribution is 2.44. The maximum Gasteiger partial charge on any atom is 0.165 e. The van der Waals surface area contributed by atoms with E-state index in [4.69, 9.17) is 0 Å². The molecule has 0 unspecified atom stereocenters. The minimum atomic E-state index is -0.693. The fraction of sp³-hybridized carbons (Fsp3) is 0.409. The van der Waals surface area contributed by atoms with E-state index in [0.29, 0.717) is 10.9 Å². The lowest BCUT2D eigenvalue weighted by Gasteiger charge is -2.41. The summed E-state index contributed by atoms with van der Waals surface area (Å²) in [6, 6.07) is 5.34. The second-order valence-electron chi connectivity index (χ2n) is 8.37. The van der Waals surface area contributed by atoms with Crippen molar-refractivity contribution in [3.05, 3.63) is 47.4 Å². The molecule has 2 heterocycles. The molecule has 1 aliphatic heterocycles. The summed E-state index contributed by atoms with van der Waals surface area (Å²) in [5, 5.41) is 20.5. The van der Waals surface area contributed by atoms with Gasteiger partial charge in [-0.3, -0.25) is 0 Å². The summed E-state index contributed by atoms with van der Waals surface area (Å²) < 4.78 is 16.3. The van der Waals surface area contributed by atoms with Crippen LogP contribution in [0, 0.1) is 17.1 Å². The molecule has 5 heteroatoms. The lowest BCUT2D eigenvalue weighted by atomic mass is 9.92. The van der Waals surface area contributed by atoms with Crippen molar-refractivity contribution < 1.29 is 9.50 Å². The molecular formula is C22H24FN3O. The fourth-order valence-electron chi connectivity index (χ4n) is 4.06. The number of benzene rings is 1. The quantitative estimate of drug-likeness (QED) is 0.806. The molecule has 27 heavy (non-hydrogen) atoms. The number of rotatable bonds is 2. The summed E-state index contributed by atoms with van der Waals surface area (Å²) in [4.78, 5) is 2.27. The first-order valence-electron chi connectivity index (χ1n) is 9.44. The predicted molar refractivity (Wildman–Crippen MR) is 105 cm³/mol. The lowest BCUT2D eigenvalue weighted by Crippen LogP contribution is -2.41. The van der Waals surface area contributed by atoms with E-state index >= 15 is 0 Å². The zero-order chi connectivity index (χ0) is 19.3. The first-order chi connectivity index (χ1) is 12.8. The van der Waals surface area contributed by atoms with Crippen molar-refractivity contribution >= 4 is 16.6 Å². The van der Waals surface area contributed by atoms with E-state index in [2.05, 4.69) is 42.4 Å². The number of nitriles is 1. The smallest absolute Gasteiger partial charge is 0.165 e. The summed E-state index contributed by atoms with van der Waals surface area (Å²) >= 11 is 0. The number of phenols is 1. The number of nitrogens with zero attached hydrogens (tertiary/aromatic N) is 3. The van der Waals surface area contributed by atoms with Gasteiger partial charge in [-0.25, -0.2) is 4.39 Å². The van der Waals surface area contributed by atoms with E-state index < -0.39 is 5.82 Å². The summed E-state index contributed by atoms with van der Waals surface area (Å²) in [7, 11) is 0. The molecule has 0 radical (unpaired) electrons. The van der Waals surface area contributed by atoms with Gasteiger partial charge in [0, 0.05) is 29.6 Å². The van der Waals surface area contributed by atoms with Crippen LogP contribution in [0.1, 0.15) is 57.3 Å². The SMILES string of the molecule is CC(C)(C)N1CC=CC=C1c1c(C#N)c2cc(F)c(O)cc2n1C1CCC1. The van der Waals surface area contributed by atoms with Gasteiger partial charge in [-0.2, -0.15) is 5.26 Å². The third-order valence-corrected chi connectivity index (χ3v) is 5.64. The molecule has 1 N–H and O–H groups in total. The van der Waals surface area contributed by atoms with E-state index in [9.17, 15) is 14.8 Å². The Morgan fingerprint density at radius 2 is 2.00 bits per heavy atom. The highest BCUT2D eigenvalue weighted by Gasteiger charge is 2.33. The zero-order valence-corrected chi connectivity index (χ0v) is 16.0. The second kappa shape index (κ2) is 6.16. The maximum atomic E-state index is 14.1. The number of allylic oxidation sites excluding steroid dienone is 2. The van der Waals surface area contributed by atoms with Gasteiger partial charge >= 0.3 is 0 Å². The van der Waals surface area contributed by atoms with Crippen molar-refractivity contribution in [1.82, 2.24) is 9.47 Å². The fourth-order valence-corrected chi connectivity index (χ4v) is 4.06. The average molecular weight is 365 g/mol. The van der Waals surface area contributed by atoms with Crippen LogP contribution in [0.2, 0.25) is 0 Å². The first kappa shape index (κ1) is 17.7. The van der Waals surface area contributed by atoms with E-state index in [1.165, 1.54) is 12.1 Å². The molecule has 0 atom stereocenters. The number of aromatic nitrogens is 1. The molecule has 1 aromatic heterocycles. The molecule has 4 rings (SSSR count). The Morgan fingerprint density at radius 1 is 1.26 bits per heavy atom. The number of fused-ring (bicyclic) bond motifs is 1. The van der Waals surface area contributed by atoms with Gasteiger partial charge in [0.2, 0.25) is 0 Å². The number of phenolic OH excluding ortho intramolecular Hbond substituents is 1. The van der Waals surface area contributed by atoms with E-state index in [0.717, 1.165) is 42.7 Å². The minimum absolute atomic E-state index is 0.127. The highest BCUT2D eigenvalue weighted by molar-refractivity contribution is 5.94. The maximum absolute atomic E-state index is 14.1. The van der Waals surface area contributed by atoms with Gasteiger partial charge in [-0.05, 0) is 52.2 Å². The van der Waals surface area contributed by atoms with Crippen LogP contribution in [0.4, 0.5) is 4.39 Å². The third kappa shape index (κ3) is 2.71. The van der Waals surface area contributed by atoms with Gasteiger partial charge in [0.25, 0.3) is 0 Å². The molecular weight excluding hydrogens is 341 g/mol. The lowest BCUT2D eigenvalue weighted by molar-refractivity contribution is 0.236. The monoisotopic (exact) mass is 365 g/mol. The van der Waals surface area contributed by atoms with Crippen LogP contribution in [0.3, 0.4) is 0 Å². The van der Waals surface area contributed by atoms with Crippen LogP contribution in [-0.2, 0) is 0 Å². The molecule has 2 aromatic rings. The van der Waals surface area contributed by atoms with Crippen LogP contribution in [0.15, 0.2) is 30.4 Å². The van der Waals surface area contributed by atoms with E-state index in [-0.39, 0.29) is 17.3 Å². The van der Waals surface area contributed by atoms with Crippen molar-refractivity contribution in [3.8, 4) is 11.8 Å². The van der Waals surface area contributed by atoms with Gasteiger partial charge in [0.1, 0.15) is 6.07 Å². The summed E-state index contributed by atoms with van der Waals surface area (Å²) in [5.74, 6) is -1.07. The first-order valence-corrected chi connectivity index (χ1v) is 9.44. The Morgan fingerprint density at radius 3 is 2.59 bits per heavy atom. The molecule has 0 saturated heterocycles. The molecule has 4 nitrogen and oxygen atoms in total. The van der Waals surface area contributed by atoms with Gasteiger partial charge in [0.15, 0.2) is 11.6 Å². The Hall–Kier alpha value is -2.74. The molecule has 1 aliphatic carbocycles. The van der Waals surface area contributed by atoms with Gasteiger partial charge in [0.05, 0.1) is 22.5 Å². The van der Waals surface area contributed by atoms with Crippen LogP contribution >= 0.6 is 0 Å². The zero-order valence-electron chi connectivity index (χ0n) is 16.0. The van der Waals surface area contributed by atoms with Crippen LogP contribution in [-0.4, -0.2) is 26.7 Å². The molecule has 1 fully saturated rings. The largest absolute Gasteiger partial charge is 0.505 e. The Kier molecular flexibility index (Phi) is 4.03. The normalized spacial score (nSPS) is 17.7. The highest BCUT2D eigenvalue weighted by atomic mass is 19.1. The van der Waals surface area contributed by atoms with Crippen molar-refractivity contribution in [2.45, 2.75) is 51.6 Å². The van der Waals surface area contributed by atoms with Gasteiger partial charge < -0.3 is 14.6 Å². The van der Waals surface area contributed by atoms with Crippen molar-refractivity contribution in [2.24, 2.45) is 0 Å². The van der Waals surface area contributed by atoms with E-state index in [1.807, 2.05) is 12.2 Å². The Balaban J connectivity index is 2.06. The molecule has 0 amide bonds. The average Bonchev–Trinajstić information content (AvgIpc) is 2.86. The Bertz CT molecular complexity index is 1010.